The fraction of sp³-hybridized carbons (Fsp3) is 0.550. The maximum atomic E-state index is 12.8. The van der Waals surface area contributed by atoms with E-state index in [1.54, 1.807) is 0 Å². The lowest BCUT2D eigenvalue weighted by molar-refractivity contribution is -0.129. The molecular formula is C20H30N4O. The minimum atomic E-state index is 0.114. The number of hydrogen-bond acceptors (Lipinski definition) is 4. The first-order chi connectivity index (χ1) is 11.8. The molecule has 1 saturated heterocycles. The van der Waals surface area contributed by atoms with Crippen LogP contribution in [0.15, 0.2) is 36.0 Å². The van der Waals surface area contributed by atoms with E-state index in [0.717, 1.165) is 31.9 Å². The monoisotopic (exact) mass is 342 g/mol. The van der Waals surface area contributed by atoms with Crippen molar-refractivity contribution in [3.8, 4) is 0 Å². The minimum Gasteiger partial charge on any atom is -0.368 e. The highest BCUT2D eigenvalue weighted by Gasteiger charge is 2.30. The summed E-state index contributed by atoms with van der Waals surface area (Å²) in [4.78, 5) is 17.2. The first kappa shape index (κ1) is 17.8. The van der Waals surface area contributed by atoms with Gasteiger partial charge >= 0.3 is 0 Å². The normalized spacial score (nSPS) is 21.6. The Labute approximate surface area is 151 Å². The number of anilines is 1. The zero-order valence-corrected chi connectivity index (χ0v) is 16.0. The average Bonchev–Trinajstić information content (AvgIpc) is 2.92. The molecule has 0 radical (unpaired) electrons. The Morgan fingerprint density at radius 1 is 1.12 bits per heavy atom. The van der Waals surface area contributed by atoms with Crippen LogP contribution in [0, 0.1) is 0 Å². The van der Waals surface area contributed by atoms with E-state index in [2.05, 4.69) is 62.3 Å². The van der Waals surface area contributed by atoms with Crippen molar-refractivity contribution >= 4 is 11.6 Å². The number of piperazine rings is 1. The second kappa shape index (κ2) is 6.71. The van der Waals surface area contributed by atoms with E-state index in [9.17, 15) is 4.79 Å². The fourth-order valence-corrected chi connectivity index (χ4v) is 3.67. The Hall–Kier alpha value is -2.01. The summed E-state index contributed by atoms with van der Waals surface area (Å²) in [5, 5.41) is 1.84. The summed E-state index contributed by atoms with van der Waals surface area (Å²) in [6, 6.07) is 8.85. The number of hydrogen-bond donors (Lipinski definition) is 1. The van der Waals surface area contributed by atoms with Crippen LogP contribution in [0.25, 0.3) is 0 Å². The molecule has 1 unspecified atom stereocenters. The number of carbonyl (C=O) groups is 1. The van der Waals surface area contributed by atoms with Gasteiger partial charge in [0.15, 0.2) is 0 Å². The molecule has 25 heavy (non-hydrogen) atoms. The van der Waals surface area contributed by atoms with Gasteiger partial charge in [-0.25, -0.2) is 5.43 Å². The molecule has 1 aromatic carbocycles. The maximum absolute atomic E-state index is 12.8. The Morgan fingerprint density at radius 3 is 2.32 bits per heavy atom. The van der Waals surface area contributed by atoms with E-state index in [1.807, 2.05) is 23.0 Å². The summed E-state index contributed by atoms with van der Waals surface area (Å²) in [7, 11) is 1.91. The number of carbonyl (C=O) groups excluding carboxylic acids is 1. The topological polar surface area (TPSA) is 38.8 Å². The van der Waals surface area contributed by atoms with Crippen molar-refractivity contribution in [1.82, 2.24) is 15.3 Å². The molecule has 1 N–H and O–H groups in total. The first-order valence-corrected chi connectivity index (χ1v) is 9.13. The smallest absolute Gasteiger partial charge is 0.271 e. The van der Waals surface area contributed by atoms with Gasteiger partial charge in [-0.05, 0) is 30.0 Å². The van der Waals surface area contributed by atoms with Gasteiger partial charge in [-0.1, -0.05) is 39.0 Å². The highest BCUT2D eigenvalue weighted by molar-refractivity contribution is 5.93. The van der Waals surface area contributed by atoms with Crippen LogP contribution in [0.1, 0.15) is 33.3 Å². The molecule has 1 aromatic rings. The molecule has 136 valence electrons. The number of nitrogens with zero attached hydrogens (tertiary/aromatic N) is 3. The van der Waals surface area contributed by atoms with Gasteiger partial charge in [0.1, 0.15) is 5.70 Å². The van der Waals surface area contributed by atoms with Crippen LogP contribution in [-0.2, 0) is 10.2 Å². The van der Waals surface area contributed by atoms with Crippen molar-refractivity contribution in [3.63, 3.8) is 0 Å². The first-order valence-electron chi connectivity index (χ1n) is 9.13. The van der Waals surface area contributed by atoms with Crippen LogP contribution < -0.4 is 10.3 Å². The van der Waals surface area contributed by atoms with Gasteiger partial charge in [0.25, 0.3) is 5.91 Å². The number of amides is 1. The Bertz CT molecular complexity index is 669. The molecule has 1 atom stereocenters. The maximum Gasteiger partial charge on any atom is 0.271 e. The molecule has 2 heterocycles. The minimum absolute atomic E-state index is 0.114. The molecule has 1 amide bonds. The molecule has 0 saturated carbocycles. The predicted octanol–water partition coefficient (Wildman–Crippen LogP) is 2.36. The van der Waals surface area contributed by atoms with Crippen LogP contribution in [0.2, 0.25) is 0 Å². The third-order valence-electron chi connectivity index (χ3n) is 5.01. The zero-order valence-electron chi connectivity index (χ0n) is 16.0. The Kier molecular flexibility index (Phi) is 4.78. The summed E-state index contributed by atoms with van der Waals surface area (Å²) >= 11 is 0. The van der Waals surface area contributed by atoms with Crippen LogP contribution in [0.4, 0.5) is 5.69 Å². The van der Waals surface area contributed by atoms with Crippen molar-refractivity contribution in [3.05, 3.63) is 41.6 Å². The number of para-hydroxylation sites is 1. The van der Waals surface area contributed by atoms with Crippen molar-refractivity contribution < 1.29 is 4.79 Å². The molecule has 5 nitrogen and oxygen atoms in total. The van der Waals surface area contributed by atoms with Crippen LogP contribution in [0.5, 0.6) is 0 Å². The quantitative estimate of drug-likeness (QED) is 0.895. The second-order valence-electron chi connectivity index (χ2n) is 8.08. The summed E-state index contributed by atoms with van der Waals surface area (Å²) in [5.41, 5.74) is 6.77. The summed E-state index contributed by atoms with van der Waals surface area (Å²) in [6.07, 6.45) is 2.00. The molecule has 1 fully saturated rings. The fourth-order valence-electron chi connectivity index (χ4n) is 3.67. The van der Waals surface area contributed by atoms with Gasteiger partial charge in [-0.3, -0.25) is 4.79 Å². The summed E-state index contributed by atoms with van der Waals surface area (Å²) in [6.45, 7) is 12.1. The van der Waals surface area contributed by atoms with Gasteiger partial charge in [-0.2, -0.15) is 0 Å². The van der Waals surface area contributed by atoms with E-state index in [-0.39, 0.29) is 17.4 Å². The molecule has 3 rings (SSSR count). The van der Waals surface area contributed by atoms with E-state index in [1.165, 1.54) is 11.3 Å². The molecule has 5 heteroatoms. The van der Waals surface area contributed by atoms with Gasteiger partial charge < -0.3 is 14.8 Å². The largest absolute Gasteiger partial charge is 0.368 e. The summed E-state index contributed by atoms with van der Waals surface area (Å²) in [5.74, 6) is 0.128. The van der Waals surface area contributed by atoms with E-state index >= 15 is 0 Å². The lowest BCUT2D eigenvalue weighted by atomic mass is 9.85. The average molecular weight is 342 g/mol. The molecule has 0 aromatic heterocycles. The number of likely N-dealkylation sites (N-methyl/N-ethyl adjacent to an activating group) is 1. The van der Waals surface area contributed by atoms with Crippen molar-refractivity contribution in [1.29, 1.82) is 0 Å². The molecule has 0 bridgehead atoms. The molecule has 0 spiro atoms. The highest BCUT2D eigenvalue weighted by atomic mass is 16.2. The molecule has 2 aliphatic rings. The van der Waals surface area contributed by atoms with Crippen LogP contribution >= 0.6 is 0 Å². The zero-order chi connectivity index (χ0) is 18.2. The van der Waals surface area contributed by atoms with Crippen molar-refractivity contribution in [2.45, 2.75) is 39.2 Å². The molecular weight excluding hydrogens is 312 g/mol. The molecule has 2 aliphatic heterocycles. The van der Waals surface area contributed by atoms with Crippen LogP contribution in [-0.4, -0.2) is 55.1 Å². The van der Waals surface area contributed by atoms with Gasteiger partial charge in [-0.15, -0.1) is 0 Å². The van der Waals surface area contributed by atoms with Crippen LogP contribution in [0.3, 0.4) is 0 Å². The lowest BCUT2D eigenvalue weighted by Gasteiger charge is -2.39. The van der Waals surface area contributed by atoms with Gasteiger partial charge in [0, 0.05) is 45.0 Å². The summed E-state index contributed by atoms with van der Waals surface area (Å²) < 4.78 is 0. The van der Waals surface area contributed by atoms with E-state index in [0.29, 0.717) is 0 Å². The standard InChI is InChI=1S/C20H30N4O/c1-15-14-18(22(5)21-15)19(25)24-12-10-23(11-13-24)17-9-7-6-8-16(17)20(2,3)4/h6-9,14-15,21H,10-13H2,1-5H3. The molecule has 0 aliphatic carbocycles. The van der Waals surface area contributed by atoms with Gasteiger partial charge in [0.2, 0.25) is 0 Å². The number of benzene rings is 1. The van der Waals surface area contributed by atoms with Crippen molar-refractivity contribution in [2.24, 2.45) is 0 Å². The third kappa shape index (κ3) is 3.66. The van der Waals surface area contributed by atoms with Crippen molar-refractivity contribution in [2.75, 3.05) is 38.1 Å². The van der Waals surface area contributed by atoms with E-state index in [4.69, 9.17) is 0 Å². The van der Waals surface area contributed by atoms with Gasteiger partial charge in [0.05, 0.1) is 0 Å². The Morgan fingerprint density at radius 2 is 1.76 bits per heavy atom. The third-order valence-corrected chi connectivity index (χ3v) is 5.01. The van der Waals surface area contributed by atoms with E-state index < -0.39 is 0 Å². The second-order valence-corrected chi connectivity index (χ2v) is 8.08. The number of nitrogens with one attached hydrogen (secondary N) is 1. The number of rotatable bonds is 2. The highest BCUT2D eigenvalue weighted by Crippen LogP contribution is 2.32. The predicted molar refractivity (Wildman–Crippen MR) is 102 cm³/mol. The Balaban J connectivity index is 1.69. The SMILES string of the molecule is CC1C=C(C(=O)N2CCN(c3ccccc3C(C)(C)C)CC2)N(C)N1. The lowest BCUT2D eigenvalue weighted by Crippen LogP contribution is -2.51. The number of hydrazine groups is 1.